The summed E-state index contributed by atoms with van der Waals surface area (Å²) in [6, 6.07) is -1.44. The Kier molecular flexibility index (Phi) is 9.85. The smallest absolute Gasteiger partial charge is 0.370 e. The Morgan fingerprint density at radius 3 is 2.03 bits per heavy atom. The van der Waals surface area contributed by atoms with Gasteiger partial charge >= 0.3 is 12.4 Å². The second-order valence-corrected chi connectivity index (χ2v) is 6.46. The minimum Gasteiger partial charge on any atom is -0.370 e. The second-order valence-electron chi connectivity index (χ2n) is 6.46. The molecule has 170 valence electrons. The van der Waals surface area contributed by atoms with Gasteiger partial charge in [0, 0.05) is 13.7 Å². The van der Waals surface area contributed by atoms with Gasteiger partial charge in [-0.25, -0.2) is 0 Å². The van der Waals surface area contributed by atoms with E-state index in [0.717, 1.165) is 0 Å². The van der Waals surface area contributed by atoms with E-state index < -0.39 is 48.4 Å². The summed E-state index contributed by atoms with van der Waals surface area (Å²) in [5, 5.41) is 11.6. The average Bonchev–Trinajstić information content (AvgIpc) is 2.54. The highest BCUT2D eigenvalue weighted by Gasteiger charge is 2.58. The van der Waals surface area contributed by atoms with Crippen LogP contribution in [-0.2, 0) is 19.1 Å². The van der Waals surface area contributed by atoms with E-state index in [9.17, 15) is 35.9 Å². The highest BCUT2D eigenvalue weighted by atomic mass is 19.4. The van der Waals surface area contributed by atoms with E-state index in [1.54, 1.807) is 0 Å². The number of carbonyl (C=O) groups is 2. The largest absolute Gasteiger partial charge is 0.423 e. The third kappa shape index (κ3) is 9.78. The summed E-state index contributed by atoms with van der Waals surface area (Å²) in [7, 11) is 1.20. The predicted octanol–water partition coefficient (Wildman–Crippen LogP) is 1.24. The van der Waals surface area contributed by atoms with E-state index in [0.29, 0.717) is 0 Å². The molecule has 1 amide bonds. The molecule has 14 heteroatoms. The monoisotopic (exact) mass is 438 g/mol. The number of nitrogens with one attached hydrogen (secondary N) is 3. The summed E-state index contributed by atoms with van der Waals surface area (Å²) >= 11 is 0. The van der Waals surface area contributed by atoms with E-state index in [-0.39, 0.29) is 25.3 Å². The van der Waals surface area contributed by atoms with E-state index in [2.05, 4.69) is 15.4 Å². The number of guanidine groups is 1. The Morgan fingerprint density at radius 2 is 1.62 bits per heavy atom. The number of hydrogen-bond acceptors (Lipinski definition) is 5. The molecule has 0 heterocycles. The average molecular weight is 438 g/mol. The van der Waals surface area contributed by atoms with Crippen molar-refractivity contribution in [2.24, 2.45) is 5.73 Å². The zero-order valence-corrected chi connectivity index (χ0v) is 16.0. The van der Waals surface area contributed by atoms with Crippen LogP contribution in [-0.4, -0.2) is 68.0 Å². The fraction of sp³-hybridized carbons (Fsp3) is 0.800. The molecule has 0 aromatic heterocycles. The van der Waals surface area contributed by atoms with Gasteiger partial charge in [0.2, 0.25) is 6.10 Å². The van der Waals surface area contributed by atoms with Gasteiger partial charge in [0.05, 0.1) is 6.04 Å². The van der Waals surface area contributed by atoms with Gasteiger partial charge in [-0.3, -0.25) is 15.0 Å². The third-order valence-electron chi connectivity index (χ3n) is 3.72. The maximum atomic E-state index is 12.5. The quantitative estimate of drug-likeness (QED) is 0.166. The summed E-state index contributed by atoms with van der Waals surface area (Å²) in [6.45, 7) is 1.25. The lowest BCUT2D eigenvalue weighted by Gasteiger charge is -2.27. The van der Waals surface area contributed by atoms with Gasteiger partial charge in [0.15, 0.2) is 11.7 Å². The molecule has 0 saturated heterocycles. The zero-order chi connectivity index (χ0) is 23.0. The van der Waals surface area contributed by atoms with Gasteiger partial charge < -0.3 is 25.8 Å². The normalized spacial score (nSPS) is 13.9. The van der Waals surface area contributed by atoms with Crippen molar-refractivity contribution in [1.82, 2.24) is 10.6 Å². The molecule has 0 aliphatic carbocycles. The Balaban J connectivity index is 5.20. The Morgan fingerprint density at radius 1 is 1.10 bits per heavy atom. The lowest BCUT2D eigenvalue weighted by Crippen LogP contribution is -2.52. The summed E-state index contributed by atoms with van der Waals surface area (Å²) in [5.41, 5.74) is 3.67. The highest BCUT2D eigenvalue weighted by molar-refractivity contribution is 5.92. The molecule has 8 nitrogen and oxygen atoms in total. The molecule has 1 atom stereocenters. The van der Waals surface area contributed by atoms with Gasteiger partial charge in [0.25, 0.3) is 5.91 Å². The lowest BCUT2D eigenvalue weighted by molar-refractivity contribution is -0.319. The number of Topliss-reactive ketones (excluding diaryl/α,β-unsaturated/α-hetero) is 1. The molecule has 0 unspecified atom stereocenters. The molecule has 0 rings (SSSR count). The number of alkyl halides is 6. The molecule has 0 aromatic rings. The van der Waals surface area contributed by atoms with Crippen LogP contribution in [0.15, 0.2) is 0 Å². The number of rotatable bonds is 11. The van der Waals surface area contributed by atoms with Crippen LogP contribution in [0.25, 0.3) is 0 Å². The molecule has 0 bridgehead atoms. The number of ether oxygens (including phenoxy) is 2. The van der Waals surface area contributed by atoms with E-state index in [1.165, 1.54) is 21.0 Å². The van der Waals surface area contributed by atoms with E-state index in [1.807, 2.05) is 0 Å². The van der Waals surface area contributed by atoms with Gasteiger partial charge in [0.1, 0.15) is 12.2 Å². The second kappa shape index (κ2) is 10.6. The van der Waals surface area contributed by atoms with Crippen LogP contribution in [0.3, 0.4) is 0 Å². The summed E-state index contributed by atoms with van der Waals surface area (Å²) < 4.78 is 83.8. The van der Waals surface area contributed by atoms with Crippen LogP contribution in [0, 0.1) is 5.41 Å². The van der Waals surface area contributed by atoms with Crippen molar-refractivity contribution in [3.63, 3.8) is 0 Å². The van der Waals surface area contributed by atoms with Crippen LogP contribution in [0.5, 0.6) is 0 Å². The number of hydrogen-bond donors (Lipinski definition) is 4. The van der Waals surface area contributed by atoms with Crippen molar-refractivity contribution in [3.05, 3.63) is 0 Å². The van der Waals surface area contributed by atoms with Crippen LogP contribution < -0.4 is 16.4 Å². The molecule has 0 fully saturated rings. The molecule has 29 heavy (non-hydrogen) atoms. The third-order valence-corrected chi connectivity index (χ3v) is 3.72. The minimum atomic E-state index is -5.76. The number of amides is 1. The molecule has 0 aliphatic heterocycles. The van der Waals surface area contributed by atoms with Crippen LogP contribution in [0.4, 0.5) is 26.3 Å². The standard InChI is InChI=1S/C15H24F6N4O4/c1-13(2,28-3)11(27)25-8(5-4-6-24-12(22)23)9(26)7-29-10(14(16,17)18)15(19,20)21/h8,10H,4-7H2,1-3H3,(H,25,27)(H4,22,23,24)/t8-/m0/s1. The first-order chi connectivity index (χ1) is 13.0. The van der Waals surface area contributed by atoms with Crippen LogP contribution in [0.2, 0.25) is 0 Å². The van der Waals surface area contributed by atoms with Crippen LogP contribution in [0.1, 0.15) is 26.7 Å². The highest BCUT2D eigenvalue weighted by Crippen LogP contribution is 2.35. The first-order valence-electron chi connectivity index (χ1n) is 8.24. The van der Waals surface area contributed by atoms with Crippen LogP contribution >= 0.6 is 0 Å². The SMILES string of the molecule is COC(C)(C)C(=O)N[C@@H](CCCNC(=N)N)C(=O)COC(C(F)(F)F)C(F)(F)F. The molecule has 0 aliphatic rings. The zero-order valence-electron chi connectivity index (χ0n) is 16.0. The molecule has 0 aromatic carbocycles. The Bertz CT molecular complexity index is 566. The Labute approximate surface area is 163 Å². The van der Waals surface area contributed by atoms with Crippen molar-refractivity contribution < 1.29 is 45.4 Å². The maximum Gasteiger partial charge on any atom is 0.423 e. The molecule has 0 radical (unpaired) electrons. The summed E-state index contributed by atoms with van der Waals surface area (Å²) in [5.74, 6) is -2.37. The van der Waals surface area contributed by atoms with Gasteiger partial charge in [-0.2, -0.15) is 26.3 Å². The summed E-state index contributed by atoms with van der Waals surface area (Å²) in [6.07, 6.45) is -15.7. The van der Waals surface area contributed by atoms with Crippen molar-refractivity contribution in [1.29, 1.82) is 5.41 Å². The first kappa shape index (κ1) is 26.9. The lowest BCUT2D eigenvalue weighted by atomic mass is 10.0. The van der Waals surface area contributed by atoms with E-state index >= 15 is 0 Å². The number of carbonyl (C=O) groups excluding carboxylic acids is 2. The first-order valence-corrected chi connectivity index (χ1v) is 8.24. The minimum absolute atomic E-state index is 0.0806. The molecular weight excluding hydrogens is 414 g/mol. The van der Waals surface area contributed by atoms with Crippen molar-refractivity contribution in [2.45, 2.75) is 56.8 Å². The predicted molar refractivity (Wildman–Crippen MR) is 89.0 cm³/mol. The number of ketones is 1. The topological polar surface area (TPSA) is 127 Å². The molecular formula is C15H24F6N4O4. The van der Waals surface area contributed by atoms with Crippen molar-refractivity contribution in [3.8, 4) is 0 Å². The number of nitrogens with two attached hydrogens (primary N) is 1. The van der Waals surface area contributed by atoms with Crippen molar-refractivity contribution >= 4 is 17.6 Å². The molecule has 5 N–H and O–H groups in total. The fourth-order valence-electron chi connectivity index (χ4n) is 1.91. The molecule has 0 saturated carbocycles. The van der Waals surface area contributed by atoms with Gasteiger partial charge in [-0.15, -0.1) is 0 Å². The molecule has 0 spiro atoms. The fourth-order valence-corrected chi connectivity index (χ4v) is 1.91. The van der Waals surface area contributed by atoms with Gasteiger partial charge in [-0.1, -0.05) is 0 Å². The van der Waals surface area contributed by atoms with Gasteiger partial charge in [-0.05, 0) is 26.7 Å². The van der Waals surface area contributed by atoms with Crippen molar-refractivity contribution in [2.75, 3.05) is 20.3 Å². The van der Waals surface area contributed by atoms with E-state index in [4.69, 9.17) is 15.9 Å². The number of methoxy groups -OCH3 is 1. The maximum absolute atomic E-state index is 12.5. The number of halogens is 6. The summed E-state index contributed by atoms with van der Waals surface area (Å²) in [4.78, 5) is 24.3. The Hall–Kier alpha value is -2.09.